The van der Waals surface area contributed by atoms with Gasteiger partial charge in [-0.15, -0.1) is 0 Å². The number of hydrogen-bond donors (Lipinski definition) is 1. The molecule has 0 spiro atoms. The highest BCUT2D eigenvalue weighted by Gasteiger charge is 2.48. The molecule has 1 aromatic carbocycles. The van der Waals surface area contributed by atoms with E-state index in [9.17, 15) is 18.0 Å². The third-order valence-electron chi connectivity index (χ3n) is 5.01. The zero-order chi connectivity index (χ0) is 17.8. The topological polar surface area (TPSA) is 86.8 Å². The number of carbonyl (C=O) groups is 2. The third kappa shape index (κ3) is 2.93. The van der Waals surface area contributed by atoms with Gasteiger partial charge in [-0.3, -0.25) is 9.59 Å². The van der Waals surface area contributed by atoms with Gasteiger partial charge in [0, 0.05) is 30.7 Å². The van der Waals surface area contributed by atoms with Crippen LogP contribution in [0.3, 0.4) is 0 Å². The van der Waals surface area contributed by atoms with E-state index in [2.05, 4.69) is 10.2 Å². The molecular weight excluding hydrogens is 342 g/mol. The van der Waals surface area contributed by atoms with Crippen molar-refractivity contribution < 1.29 is 18.0 Å². The first-order valence-corrected chi connectivity index (χ1v) is 10.0. The van der Waals surface area contributed by atoms with Crippen LogP contribution in [0.1, 0.15) is 46.4 Å². The predicted molar refractivity (Wildman–Crippen MR) is 90.8 cm³/mol. The third-order valence-corrected chi connectivity index (χ3v) is 6.89. The monoisotopic (exact) mass is 363 g/mol. The van der Waals surface area contributed by atoms with Crippen LogP contribution in [0.2, 0.25) is 0 Å². The Balaban J connectivity index is 1.48. The van der Waals surface area contributed by atoms with Gasteiger partial charge in [-0.25, -0.2) is 12.7 Å². The summed E-state index contributed by atoms with van der Waals surface area (Å²) in [6, 6.07) is 4.69. The van der Waals surface area contributed by atoms with Crippen molar-refractivity contribution in [3.63, 3.8) is 0 Å². The summed E-state index contributed by atoms with van der Waals surface area (Å²) in [5, 5.41) is 2.81. The minimum atomic E-state index is -3.83. The van der Waals surface area contributed by atoms with Crippen molar-refractivity contribution in [2.45, 2.75) is 42.7 Å². The largest absolute Gasteiger partial charge is 0.351 e. The molecule has 2 saturated carbocycles. The Morgan fingerprint density at radius 1 is 1.28 bits per heavy atom. The summed E-state index contributed by atoms with van der Waals surface area (Å²) in [5.74, 6) is -0.796. The minimum Gasteiger partial charge on any atom is -0.351 e. The van der Waals surface area contributed by atoms with E-state index >= 15 is 0 Å². The van der Waals surface area contributed by atoms with Gasteiger partial charge in [-0.1, -0.05) is 0 Å². The molecule has 1 heterocycles. The molecule has 0 radical (unpaired) electrons. The number of carbonyl (C=O) groups excluding carboxylic acids is 2. The molecule has 0 saturated heterocycles. The molecule has 1 aliphatic heterocycles. The van der Waals surface area contributed by atoms with Crippen molar-refractivity contribution in [3.05, 3.63) is 29.3 Å². The second-order valence-electron chi connectivity index (χ2n) is 7.02. The van der Waals surface area contributed by atoms with Gasteiger partial charge in [-0.2, -0.15) is 0 Å². The lowest BCUT2D eigenvalue weighted by atomic mass is 10.1. The highest BCUT2D eigenvalue weighted by atomic mass is 32.2. The van der Waals surface area contributed by atoms with Crippen molar-refractivity contribution >= 4 is 21.8 Å². The maximum absolute atomic E-state index is 12.6. The number of sulfonamides is 1. The van der Waals surface area contributed by atoms with Crippen LogP contribution in [0.15, 0.2) is 23.1 Å². The van der Waals surface area contributed by atoms with Crippen molar-refractivity contribution in [1.29, 1.82) is 0 Å². The lowest BCUT2D eigenvalue weighted by molar-refractivity contribution is 0.0863. The second-order valence-corrected chi connectivity index (χ2v) is 8.80. The molecule has 2 fully saturated rings. The van der Waals surface area contributed by atoms with Gasteiger partial charge in [0.2, 0.25) is 0 Å². The van der Waals surface area contributed by atoms with E-state index in [0.29, 0.717) is 25.4 Å². The first kappa shape index (κ1) is 16.5. The smallest absolute Gasteiger partial charge is 0.269 e. The summed E-state index contributed by atoms with van der Waals surface area (Å²) in [7, 11) is -1.80. The summed E-state index contributed by atoms with van der Waals surface area (Å²) in [6.07, 6.45) is 3.83. The van der Waals surface area contributed by atoms with Crippen LogP contribution in [-0.2, 0) is 10.0 Å². The average Bonchev–Trinajstić information content (AvgIpc) is 3.46. The van der Waals surface area contributed by atoms with Gasteiger partial charge in [0.05, 0.1) is 5.56 Å². The molecule has 1 aromatic rings. The minimum absolute atomic E-state index is 0.0489. The normalized spacial score (nSPS) is 21.5. The molecule has 134 valence electrons. The van der Waals surface area contributed by atoms with Crippen LogP contribution in [0.5, 0.6) is 0 Å². The molecule has 0 bridgehead atoms. The number of rotatable bonds is 6. The first-order valence-electron chi connectivity index (χ1n) is 8.61. The molecule has 2 amide bonds. The quantitative estimate of drug-likeness (QED) is 0.809. The van der Waals surface area contributed by atoms with Crippen LogP contribution in [0.4, 0.5) is 0 Å². The standard InChI is InChI=1S/C17H21N3O4S/c1-19(12-3-4-12)9-8-18-16(21)11-2-7-14-15(10-11)25(23,24)20(17(14)22)13-5-6-13/h2,7,10,12-13H,3-6,8-9H2,1H3,(H,18,21). The lowest BCUT2D eigenvalue weighted by Gasteiger charge is -2.15. The van der Waals surface area contributed by atoms with Crippen molar-refractivity contribution in [1.82, 2.24) is 14.5 Å². The Morgan fingerprint density at radius 3 is 2.64 bits per heavy atom. The number of amides is 2. The molecule has 0 aromatic heterocycles. The molecule has 1 N–H and O–H groups in total. The Morgan fingerprint density at radius 2 is 2.00 bits per heavy atom. The van der Waals surface area contributed by atoms with Crippen molar-refractivity contribution in [3.8, 4) is 0 Å². The van der Waals surface area contributed by atoms with Gasteiger partial charge < -0.3 is 10.2 Å². The highest BCUT2D eigenvalue weighted by molar-refractivity contribution is 7.90. The van der Waals surface area contributed by atoms with E-state index in [1.807, 2.05) is 7.05 Å². The lowest BCUT2D eigenvalue weighted by Crippen LogP contribution is -2.34. The fraction of sp³-hybridized carbons (Fsp3) is 0.529. The van der Waals surface area contributed by atoms with Gasteiger partial charge in [-0.05, 0) is 50.9 Å². The zero-order valence-corrected chi connectivity index (χ0v) is 14.9. The van der Waals surface area contributed by atoms with Crippen molar-refractivity contribution in [2.24, 2.45) is 0 Å². The molecule has 7 nitrogen and oxygen atoms in total. The molecular formula is C17H21N3O4S. The van der Waals surface area contributed by atoms with E-state index in [-0.39, 0.29) is 28.0 Å². The number of likely N-dealkylation sites (N-methyl/N-ethyl adjacent to an activating group) is 1. The molecule has 8 heteroatoms. The van der Waals surface area contributed by atoms with Crippen LogP contribution in [0.25, 0.3) is 0 Å². The molecule has 0 unspecified atom stereocenters. The van der Waals surface area contributed by atoms with Crippen LogP contribution >= 0.6 is 0 Å². The summed E-state index contributed by atoms with van der Waals surface area (Å²) in [6.45, 7) is 1.26. The van der Waals surface area contributed by atoms with Crippen LogP contribution in [0, 0.1) is 0 Å². The Hall–Kier alpha value is -1.93. The summed E-state index contributed by atoms with van der Waals surface area (Å²) < 4.78 is 26.2. The fourth-order valence-corrected chi connectivity index (χ4v) is 5.05. The molecule has 2 aliphatic carbocycles. The molecule has 3 aliphatic rings. The predicted octanol–water partition coefficient (Wildman–Crippen LogP) is 0.817. The van der Waals surface area contributed by atoms with Gasteiger partial charge >= 0.3 is 0 Å². The summed E-state index contributed by atoms with van der Waals surface area (Å²) in [5.41, 5.74) is 0.429. The number of hydrogen-bond acceptors (Lipinski definition) is 5. The first-order chi connectivity index (χ1) is 11.9. The van der Waals surface area contributed by atoms with Crippen LogP contribution < -0.4 is 5.32 Å². The van der Waals surface area contributed by atoms with Gasteiger partial charge in [0.25, 0.3) is 21.8 Å². The maximum Gasteiger partial charge on any atom is 0.269 e. The second kappa shape index (κ2) is 5.81. The molecule has 25 heavy (non-hydrogen) atoms. The van der Waals surface area contributed by atoms with E-state index in [4.69, 9.17) is 0 Å². The van der Waals surface area contributed by atoms with Gasteiger partial charge in [0.15, 0.2) is 0 Å². The summed E-state index contributed by atoms with van der Waals surface area (Å²) in [4.78, 5) is 26.8. The fourth-order valence-electron chi connectivity index (χ4n) is 3.20. The number of fused-ring (bicyclic) bond motifs is 1. The highest BCUT2D eigenvalue weighted by Crippen LogP contribution is 2.39. The number of nitrogens with one attached hydrogen (secondary N) is 1. The van der Waals surface area contributed by atoms with Crippen LogP contribution in [-0.4, -0.2) is 61.7 Å². The van der Waals surface area contributed by atoms with Gasteiger partial charge in [0.1, 0.15) is 4.90 Å². The van der Waals surface area contributed by atoms with Crippen molar-refractivity contribution in [2.75, 3.05) is 20.1 Å². The Bertz CT molecular complexity index is 843. The number of benzene rings is 1. The summed E-state index contributed by atoms with van der Waals surface area (Å²) >= 11 is 0. The number of nitrogens with zero attached hydrogens (tertiary/aromatic N) is 2. The maximum atomic E-state index is 12.6. The zero-order valence-electron chi connectivity index (χ0n) is 14.1. The molecule has 0 atom stereocenters. The Labute approximate surface area is 147 Å². The van der Waals surface area contributed by atoms with E-state index in [1.54, 1.807) is 0 Å². The Kier molecular flexibility index (Phi) is 3.84. The molecule has 4 rings (SSSR count). The van der Waals surface area contributed by atoms with E-state index in [1.165, 1.54) is 31.0 Å². The SMILES string of the molecule is CN(CCNC(=O)c1ccc2c(c1)S(=O)(=O)N(C1CC1)C2=O)C1CC1. The average molecular weight is 363 g/mol. The van der Waals surface area contributed by atoms with E-state index in [0.717, 1.165) is 10.8 Å². The van der Waals surface area contributed by atoms with E-state index < -0.39 is 15.9 Å².